The van der Waals surface area contributed by atoms with Gasteiger partial charge in [0.15, 0.2) is 12.3 Å². The highest BCUT2D eigenvalue weighted by molar-refractivity contribution is 5.25. The molecule has 2 heteroatoms. The molecule has 0 amide bonds. The Morgan fingerprint density at radius 1 is 1.12 bits per heavy atom. The SMILES string of the molecule is FC1C=CC=C(CCC2CCCCC2)C1F. The van der Waals surface area contributed by atoms with Crippen LogP contribution in [0.15, 0.2) is 23.8 Å². The van der Waals surface area contributed by atoms with Crippen LogP contribution in [0.5, 0.6) is 0 Å². The molecule has 0 saturated heterocycles. The highest BCUT2D eigenvalue weighted by Crippen LogP contribution is 2.31. The number of halogens is 2. The molecule has 1 saturated carbocycles. The summed E-state index contributed by atoms with van der Waals surface area (Å²) >= 11 is 0. The van der Waals surface area contributed by atoms with E-state index >= 15 is 0 Å². The number of allylic oxidation sites excluding steroid dienone is 4. The molecule has 0 N–H and O–H groups in total. The highest BCUT2D eigenvalue weighted by Gasteiger charge is 2.25. The molecule has 1 fully saturated rings. The van der Waals surface area contributed by atoms with Crippen molar-refractivity contribution in [1.29, 1.82) is 0 Å². The van der Waals surface area contributed by atoms with Gasteiger partial charge in [-0.1, -0.05) is 44.3 Å². The highest BCUT2D eigenvalue weighted by atomic mass is 19.2. The van der Waals surface area contributed by atoms with Crippen molar-refractivity contribution in [3.63, 3.8) is 0 Å². The van der Waals surface area contributed by atoms with Crippen LogP contribution in [0.1, 0.15) is 44.9 Å². The maximum atomic E-state index is 13.5. The Kier molecular flexibility index (Phi) is 4.14. The van der Waals surface area contributed by atoms with Crippen LogP contribution < -0.4 is 0 Å². The Bertz CT molecular complexity index is 274. The lowest BCUT2D eigenvalue weighted by molar-refractivity contribution is 0.226. The molecule has 2 unspecified atom stereocenters. The second-order valence-electron chi connectivity index (χ2n) is 5.02. The van der Waals surface area contributed by atoms with Gasteiger partial charge in [0.2, 0.25) is 0 Å². The van der Waals surface area contributed by atoms with Gasteiger partial charge in [0.05, 0.1) is 0 Å². The summed E-state index contributed by atoms with van der Waals surface area (Å²) in [5, 5.41) is 0. The molecule has 0 heterocycles. The van der Waals surface area contributed by atoms with Crippen molar-refractivity contribution in [3.05, 3.63) is 23.8 Å². The van der Waals surface area contributed by atoms with E-state index in [0.29, 0.717) is 5.57 Å². The average molecular weight is 226 g/mol. The van der Waals surface area contributed by atoms with Gasteiger partial charge in [-0.15, -0.1) is 0 Å². The van der Waals surface area contributed by atoms with Crippen LogP contribution in [0.25, 0.3) is 0 Å². The Balaban J connectivity index is 1.80. The van der Waals surface area contributed by atoms with Crippen molar-refractivity contribution in [2.45, 2.75) is 57.3 Å². The largest absolute Gasteiger partial charge is 0.239 e. The van der Waals surface area contributed by atoms with Gasteiger partial charge in [0.1, 0.15) is 0 Å². The molecule has 0 aromatic heterocycles. The average Bonchev–Trinajstić information content (AvgIpc) is 2.32. The first-order chi connectivity index (χ1) is 7.77. The minimum absolute atomic E-state index is 0.653. The molecule has 16 heavy (non-hydrogen) atoms. The Labute approximate surface area is 96.4 Å². The van der Waals surface area contributed by atoms with Crippen molar-refractivity contribution < 1.29 is 8.78 Å². The van der Waals surface area contributed by atoms with E-state index in [1.165, 1.54) is 38.2 Å². The summed E-state index contributed by atoms with van der Waals surface area (Å²) in [6.45, 7) is 0. The van der Waals surface area contributed by atoms with E-state index in [-0.39, 0.29) is 0 Å². The summed E-state index contributed by atoms with van der Waals surface area (Å²) in [5.74, 6) is 0.741. The number of alkyl halides is 2. The number of hydrogen-bond donors (Lipinski definition) is 0. The third-order valence-electron chi connectivity index (χ3n) is 3.81. The first-order valence-corrected chi connectivity index (χ1v) is 6.43. The first kappa shape index (κ1) is 11.8. The molecule has 2 aliphatic rings. The maximum Gasteiger partial charge on any atom is 0.156 e. The topological polar surface area (TPSA) is 0 Å². The Hall–Kier alpha value is -0.660. The van der Waals surface area contributed by atoms with Crippen LogP contribution >= 0.6 is 0 Å². The standard InChI is InChI=1S/C14H20F2/c15-13-8-4-7-12(14(13)16)10-9-11-5-2-1-3-6-11/h4,7-8,11,13-14H,1-3,5-6,9-10H2. The predicted molar refractivity (Wildman–Crippen MR) is 62.8 cm³/mol. The van der Waals surface area contributed by atoms with Crippen LogP contribution in [0.3, 0.4) is 0 Å². The molecule has 2 rings (SSSR count). The fourth-order valence-corrected chi connectivity index (χ4v) is 2.75. The lowest BCUT2D eigenvalue weighted by Crippen LogP contribution is -2.20. The van der Waals surface area contributed by atoms with Crippen molar-refractivity contribution in [3.8, 4) is 0 Å². The summed E-state index contributed by atoms with van der Waals surface area (Å²) in [4.78, 5) is 0. The van der Waals surface area contributed by atoms with Gasteiger partial charge in [-0.05, 0) is 30.4 Å². The summed E-state index contributed by atoms with van der Waals surface area (Å²) < 4.78 is 26.6. The second kappa shape index (κ2) is 5.60. The minimum atomic E-state index is -1.42. The van der Waals surface area contributed by atoms with Gasteiger partial charge < -0.3 is 0 Å². The van der Waals surface area contributed by atoms with Gasteiger partial charge in [0.25, 0.3) is 0 Å². The Morgan fingerprint density at radius 2 is 1.88 bits per heavy atom. The van der Waals surface area contributed by atoms with E-state index in [4.69, 9.17) is 0 Å². The zero-order valence-corrected chi connectivity index (χ0v) is 9.67. The first-order valence-electron chi connectivity index (χ1n) is 6.43. The summed E-state index contributed by atoms with van der Waals surface area (Å²) in [7, 11) is 0. The van der Waals surface area contributed by atoms with Gasteiger partial charge in [0, 0.05) is 0 Å². The van der Waals surface area contributed by atoms with Crippen LogP contribution in [-0.4, -0.2) is 12.3 Å². The molecular formula is C14H20F2. The van der Waals surface area contributed by atoms with Crippen molar-refractivity contribution in [2.75, 3.05) is 0 Å². The lowest BCUT2D eigenvalue weighted by atomic mass is 9.84. The fourth-order valence-electron chi connectivity index (χ4n) is 2.75. The fraction of sp³-hybridized carbons (Fsp3) is 0.714. The normalized spacial score (nSPS) is 31.5. The van der Waals surface area contributed by atoms with E-state index in [1.807, 2.05) is 0 Å². The summed E-state index contributed by atoms with van der Waals surface area (Å²) in [5.41, 5.74) is 0.653. The zero-order valence-electron chi connectivity index (χ0n) is 9.67. The van der Waals surface area contributed by atoms with E-state index in [1.54, 1.807) is 12.2 Å². The molecule has 0 radical (unpaired) electrons. The third kappa shape index (κ3) is 2.93. The van der Waals surface area contributed by atoms with Crippen LogP contribution in [0, 0.1) is 5.92 Å². The zero-order chi connectivity index (χ0) is 11.4. The Morgan fingerprint density at radius 3 is 2.62 bits per heavy atom. The van der Waals surface area contributed by atoms with E-state index < -0.39 is 12.3 Å². The molecule has 0 aliphatic heterocycles. The monoisotopic (exact) mass is 226 g/mol. The van der Waals surface area contributed by atoms with Gasteiger partial charge in [-0.3, -0.25) is 0 Å². The minimum Gasteiger partial charge on any atom is -0.239 e. The second-order valence-corrected chi connectivity index (χ2v) is 5.02. The van der Waals surface area contributed by atoms with Gasteiger partial charge in [-0.25, -0.2) is 8.78 Å². The molecule has 0 aromatic carbocycles. The van der Waals surface area contributed by atoms with E-state index in [9.17, 15) is 8.78 Å². The molecule has 90 valence electrons. The molecule has 2 atom stereocenters. The van der Waals surface area contributed by atoms with E-state index in [2.05, 4.69) is 0 Å². The van der Waals surface area contributed by atoms with Crippen LogP contribution in [-0.2, 0) is 0 Å². The third-order valence-corrected chi connectivity index (χ3v) is 3.81. The van der Waals surface area contributed by atoms with Gasteiger partial charge in [-0.2, -0.15) is 0 Å². The molecule has 2 aliphatic carbocycles. The predicted octanol–water partition coefficient (Wildman–Crippen LogP) is 4.52. The maximum absolute atomic E-state index is 13.5. The van der Waals surface area contributed by atoms with Crippen molar-refractivity contribution in [2.24, 2.45) is 5.92 Å². The molecule has 0 nitrogen and oxygen atoms in total. The molecule has 0 bridgehead atoms. The van der Waals surface area contributed by atoms with E-state index in [0.717, 1.165) is 18.8 Å². The molecular weight excluding hydrogens is 206 g/mol. The quantitative estimate of drug-likeness (QED) is 0.663. The smallest absolute Gasteiger partial charge is 0.156 e. The number of rotatable bonds is 3. The molecule has 0 spiro atoms. The number of hydrogen-bond acceptors (Lipinski definition) is 0. The van der Waals surface area contributed by atoms with Gasteiger partial charge >= 0.3 is 0 Å². The summed E-state index contributed by atoms with van der Waals surface area (Å²) in [6.07, 6.45) is 10.2. The summed E-state index contributed by atoms with van der Waals surface area (Å²) in [6, 6.07) is 0. The molecule has 0 aromatic rings. The lowest BCUT2D eigenvalue weighted by Gasteiger charge is -2.23. The van der Waals surface area contributed by atoms with Crippen molar-refractivity contribution >= 4 is 0 Å². The van der Waals surface area contributed by atoms with Crippen LogP contribution in [0.4, 0.5) is 8.78 Å². The van der Waals surface area contributed by atoms with Crippen molar-refractivity contribution in [1.82, 2.24) is 0 Å². The van der Waals surface area contributed by atoms with Crippen LogP contribution in [0.2, 0.25) is 0 Å².